The van der Waals surface area contributed by atoms with Crippen LogP contribution in [0.2, 0.25) is 0 Å². The first-order valence-electron chi connectivity index (χ1n) is 13.4. The zero-order valence-corrected chi connectivity index (χ0v) is 21.9. The normalized spacial score (nSPS) is 17.6. The van der Waals surface area contributed by atoms with Gasteiger partial charge in [-0.1, -0.05) is 73.7 Å². The van der Waals surface area contributed by atoms with Crippen molar-refractivity contribution in [1.29, 1.82) is 5.26 Å². The Morgan fingerprint density at radius 3 is 2.47 bits per heavy atom. The zero-order chi connectivity index (χ0) is 25.3. The Kier molecular flexibility index (Phi) is 9.14. The number of hydrogen-bond acceptors (Lipinski definition) is 3. The SMILES string of the molecule is C=C(C)COCC1CCC(Cn2nc(-c3ccccc3)c(-c3cccc(CC)c3)c2CCC#N)CC1. The number of rotatable bonds is 11. The van der Waals surface area contributed by atoms with Crippen LogP contribution < -0.4 is 0 Å². The molecule has 188 valence electrons. The van der Waals surface area contributed by atoms with Crippen LogP contribution >= 0.6 is 0 Å². The largest absolute Gasteiger partial charge is 0.377 e. The molecule has 4 heteroatoms. The lowest BCUT2D eigenvalue weighted by atomic mass is 9.82. The molecule has 36 heavy (non-hydrogen) atoms. The third-order valence-corrected chi connectivity index (χ3v) is 7.30. The van der Waals surface area contributed by atoms with E-state index in [-0.39, 0.29) is 0 Å². The molecule has 4 nitrogen and oxygen atoms in total. The van der Waals surface area contributed by atoms with E-state index < -0.39 is 0 Å². The van der Waals surface area contributed by atoms with E-state index in [0.29, 0.717) is 31.3 Å². The summed E-state index contributed by atoms with van der Waals surface area (Å²) in [6.07, 6.45) is 6.99. The summed E-state index contributed by atoms with van der Waals surface area (Å²) in [6, 6.07) is 21.7. The van der Waals surface area contributed by atoms with E-state index in [1.807, 2.05) is 13.0 Å². The van der Waals surface area contributed by atoms with Gasteiger partial charge in [-0.3, -0.25) is 4.68 Å². The second-order valence-electron chi connectivity index (χ2n) is 10.3. The lowest BCUT2D eigenvalue weighted by molar-refractivity contribution is 0.0897. The van der Waals surface area contributed by atoms with Crippen molar-refractivity contribution in [2.45, 2.75) is 65.3 Å². The first kappa shape index (κ1) is 25.9. The van der Waals surface area contributed by atoms with Crippen LogP contribution in [-0.4, -0.2) is 23.0 Å². The summed E-state index contributed by atoms with van der Waals surface area (Å²) in [5.74, 6) is 1.24. The first-order valence-corrected chi connectivity index (χ1v) is 13.4. The van der Waals surface area contributed by atoms with Gasteiger partial charge in [0.05, 0.1) is 12.7 Å². The molecule has 0 bridgehead atoms. The average molecular weight is 482 g/mol. The fraction of sp³-hybridized carbons (Fsp3) is 0.438. The average Bonchev–Trinajstić information content (AvgIpc) is 3.26. The van der Waals surface area contributed by atoms with Gasteiger partial charge in [-0.15, -0.1) is 0 Å². The van der Waals surface area contributed by atoms with Crippen molar-refractivity contribution in [2.75, 3.05) is 13.2 Å². The Hall–Kier alpha value is -3.16. The third-order valence-electron chi connectivity index (χ3n) is 7.30. The van der Waals surface area contributed by atoms with Crippen molar-refractivity contribution in [3.8, 4) is 28.5 Å². The highest BCUT2D eigenvalue weighted by atomic mass is 16.5. The molecule has 1 aliphatic carbocycles. The Labute approximate surface area is 216 Å². The van der Waals surface area contributed by atoms with E-state index in [4.69, 9.17) is 9.84 Å². The third kappa shape index (κ3) is 6.53. The predicted octanol–water partition coefficient (Wildman–Crippen LogP) is 7.63. The van der Waals surface area contributed by atoms with Gasteiger partial charge >= 0.3 is 0 Å². The fourth-order valence-electron chi connectivity index (χ4n) is 5.35. The van der Waals surface area contributed by atoms with Crippen molar-refractivity contribution >= 4 is 0 Å². The summed E-state index contributed by atoms with van der Waals surface area (Å²) in [5, 5.41) is 14.7. The van der Waals surface area contributed by atoms with E-state index >= 15 is 0 Å². The van der Waals surface area contributed by atoms with Crippen LogP contribution in [-0.2, 0) is 24.1 Å². The van der Waals surface area contributed by atoms with Crippen molar-refractivity contribution in [3.05, 3.63) is 78.0 Å². The van der Waals surface area contributed by atoms with Crippen molar-refractivity contribution in [2.24, 2.45) is 11.8 Å². The van der Waals surface area contributed by atoms with Crippen LogP contribution in [0.25, 0.3) is 22.4 Å². The topological polar surface area (TPSA) is 50.8 Å². The molecule has 0 spiro atoms. The van der Waals surface area contributed by atoms with Crippen LogP contribution in [0.15, 0.2) is 66.7 Å². The molecule has 1 fully saturated rings. The minimum Gasteiger partial charge on any atom is -0.377 e. The van der Waals surface area contributed by atoms with Crippen LogP contribution in [0.4, 0.5) is 0 Å². The van der Waals surface area contributed by atoms with Gasteiger partial charge in [-0.25, -0.2) is 0 Å². The molecular formula is C32H39N3O. The number of aryl methyl sites for hydroxylation is 1. The fourth-order valence-corrected chi connectivity index (χ4v) is 5.35. The Morgan fingerprint density at radius 1 is 1.06 bits per heavy atom. The standard InChI is InChI=1S/C32H39N3O/c1-4-25-10-8-13-29(20-25)31-30(14-9-19-33)35(34-32(31)28-11-6-5-7-12-28)21-26-15-17-27(18-16-26)23-36-22-24(2)3/h5-8,10-13,20,26-27H,2,4,9,14-18,21-23H2,1,3H3. The molecule has 0 atom stereocenters. The van der Waals surface area contributed by atoms with Crippen molar-refractivity contribution < 1.29 is 4.74 Å². The van der Waals surface area contributed by atoms with Crippen LogP contribution in [0, 0.1) is 23.2 Å². The summed E-state index contributed by atoms with van der Waals surface area (Å²) in [6.45, 7) is 10.6. The molecule has 1 aliphatic rings. The number of aromatic nitrogens is 2. The summed E-state index contributed by atoms with van der Waals surface area (Å²) in [5.41, 5.74) is 8.14. The molecule has 3 aromatic rings. The lowest BCUT2D eigenvalue weighted by Crippen LogP contribution is -2.23. The van der Waals surface area contributed by atoms with Crippen molar-refractivity contribution in [1.82, 2.24) is 9.78 Å². The Balaban J connectivity index is 1.62. The van der Waals surface area contributed by atoms with Gasteiger partial charge < -0.3 is 4.74 Å². The van der Waals surface area contributed by atoms with E-state index in [2.05, 4.69) is 72.8 Å². The highest BCUT2D eigenvalue weighted by Gasteiger charge is 2.26. The maximum Gasteiger partial charge on any atom is 0.100 e. The van der Waals surface area contributed by atoms with E-state index in [1.54, 1.807) is 0 Å². The summed E-state index contributed by atoms with van der Waals surface area (Å²) >= 11 is 0. The smallest absolute Gasteiger partial charge is 0.100 e. The molecule has 1 saturated carbocycles. The maximum absolute atomic E-state index is 9.44. The van der Waals surface area contributed by atoms with Crippen LogP contribution in [0.1, 0.15) is 57.2 Å². The molecule has 0 unspecified atom stereocenters. The predicted molar refractivity (Wildman–Crippen MR) is 147 cm³/mol. The van der Waals surface area contributed by atoms with Gasteiger partial charge in [0.25, 0.3) is 0 Å². The second-order valence-corrected chi connectivity index (χ2v) is 10.3. The van der Waals surface area contributed by atoms with Gasteiger partial charge in [0, 0.05) is 42.8 Å². The number of nitriles is 1. The molecule has 0 radical (unpaired) electrons. The van der Waals surface area contributed by atoms with Gasteiger partial charge in [0.15, 0.2) is 0 Å². The van der Waals surface area contributed by atoms with Gasteiger partial charge in [0.2, 0.25) is 0 Å². The van der Waals surface area contributed by atoms with Crippen LogP contribution in [0.5, 0.6) is 0 Å². The molecule has 2 aromatic carbocycles. The minimum atomic E-state index is 0.493. The number of nitrogens with zero attached hydrogens (tertiary/aromatic N) is 3. The van der Waals surface area contributed by atoms with Crippen LogP contribution in [0.3, 0.4) is 0 Å². The first-order chi connectivity index (χ1) is 17.6. The monoisotopic (exact) mass is 481 g/mol. The molecule has 0 amide bonds. The molecule has 1 aromatic heterocycles. The summed E-state index contributed by atoms with van der Waals surface area (Å²) in [4.78, 5) is 0. The molecule has 0 saturated heterocycles. The van der Waals surface area contributed by atoms with E-state index in [9.17, 15) is 5.26 Å². The quantitative estimate of drug-likeness (QED) is 0.264. The number of hydrogen-bond donors (Lipinski definition) is 0. The molecule has 4 rings (SSSR count). The van der Waals surface area contributed by atoms with Gasteiger partial charge in [-0.05, 0) is 62.0 Å². The highest BCUT2D eigenvalue weighted by molar-refractivity contribution is 5.83. The Morgan fingerprint density at radius 2 is 1.78 bits per heavy atom. The molecule has 1 heterocycles. The van der Waals surface area contributed by atoms with Gasteiger partial charge in [0.1, 0.15) is 5.69 Å². The molecule has 0 N–H and O–H groups in total. The summed E-state index contributed by atoms with van der Waals surface area (Å²) in [7, 11) is 0. The minimum absolute atomic E-state index is 0.493. The Bertz CT molecular complexity index is 1180. The van der Waals surface area contributed by atoms with E-state index in [0.717, 1.165) is 36.4 Å². The van der Waals surface area contributed by atoms with Gasteiger partial charge in [-0.2, -0.15) is 10.4 Å². The summed E-state index contributed by atoms with van der Waals surface area (Å²) < 4.78 is 8.07. The maximum atomic E-state index is 9.44. The lowest BCUT2D eigenvalue weighted by Gasteiger charge is -2.28. The van der Waals surface area contributed by atoms with Crippen molar-refractivity contribution in [3.63, 3.8) is 0 Å². The second kappa shape index (κ2) is 12.7. The molecular weight excluding hydrogens is 442 g/mol. The van der Waals surface area contributed by atoms with E-state index in [1.165, 1.54) is 48.1 Å². The zero-order valence-electron chi connectivity index (χ0n) is 21.9. The number of benzene rings is 2. The molecule has 0 aliphatic heterocycles. The highest BCUT2D eigenvalue weighted by Crippen LogP contribution is 2.37. The number of ether oxygens (including phenoxy) is 1.